The molecule has 1 saturated heterocycles. The van der Waals surface area contributed by atoms with Gasteiger partial charge in [-0.15, -0.1) is 0 Å². The molecule has 2 amide bonds. The number of aromatic nitrogens is 1. The Hall–Kier alpha value is -2.84. The van der Waals surface area contributed by atoms with Gasteiger partial charge in [0.2, 0.25) is 0 Å². The lowest BCUT2D eigenvalue weighted by atomic mass is 10.1. The predicted octanol–water partition coefficient (Wildman–Crippen LogP) is 0.596. The van der Waals surface area contributed by atoms with E-state index in [0.29, 0.717) is 37.7 Å². The van der Waals surface area contributed by atoms with Crippen LogP contribution in [0.15, 0.2) is 29.5 Å². The molecule has 3 N–H and O–H groups in total. The van der Waals surface area contributed by atoms with Crippen molar-refractivity contribution in [2.45, 2.75) is 32.4 Å². The van der Waals surface area contributed by atoms with E-state index in [0.717, 1.165) is 0 Å². The van der Waals surface area contributed by atoms with Crippen LogP contribution < -0.4 is 16.0 Å². The molecule has 0 spiro atoms. The Kier molecular flexibility index (Phi) is 6.98. The molecule has 148 valence electrons. The van der Waals surface area contributed by atoms with Crippen LogP contribution in [-0.2, 0) is 4.74 Å². The molecule has 9 heteroatoms. The van der Waals surface area contributed by atoms with E-state index in [2.05, 4.69) is 25.9 Å². The summed E-state index contributed by atoms with van der Waals surface area (Å²) in [5.41, 5.74) is 0.0321. The summed E-state index contributed by atoms with van der Waals surface area (Å²) in [4.78, 5) is 33.5. The first-order valence-electron chi connectivity index (χ1n) is 8.92. The maximum absolute atomic E-state index is 11.9. The van der Waals surface area contributed by atoms with E-state index in [1.165, 1.54) is 6.20 Å². The minimum atomic E-state index is -0.493. The Labute approximate surface area is 159 Å². The van der Waals surface area contributed by atoms with Crippen molar-refractivity contribution < 1.29 is 14.3 Å². The number of amides is 2. The molecule has 1 aliphatic heterocycles. The van der Waals surface area contributed by atoms with Gasteiger partial charge in [0.1, 0.15) is 5.60 Å². The van der Waals surface area contributed by atoms with Gasteiger partial charge in [-0.3, -0.25) is 14.8 Å². The molecular weight excluding hydrogens is 348 g/mol. The number of carbonyl (C=O) groups is 2. The van der Waals surface area contributed by atoms with E-state index in [1.807, 2.05) is 20.8 Å². The molecule has 9 nitrogen and oxygen atoms in total. The number of hydrogen-bond acceptors (Lipinski definition) is 5. The molecule has 0 aliphatic carbocycles. The molecular formula is C18H28N6O3. The first-order chi connectivity index (χ1) is 12.8. The normalized spacial score (nSPS) is 15.0. The summed E-state index contributed by atoms with van der Waals surface area (Å²) >= 11 is 0. The van der Waals surface area contributed by atoms with Crippen LogP contribution in [0.2, 0.25) is 0 Å². The number of ether oxygens (including phenoxy) is 1. The molecule has 0 radical (unpaired) electrons. The molecule has 0 bridgehead atoms. The molecule has 1 fully saturated rings. The summed E-state index contributed by atoms with van der Waals surface area (Å²) in [6, 6.07) is 3.55. The number of hydrogen-bond donors (Lipinski definition) is 3. The van der Waals surface area contributed by atoms with Crippen molar-refractivity contribution in [3.8, 4) is 0 Å². The molecule has 1 aromatic rings. The number of nitrogens with one attached hydrogen (secondary N) is 3. The van der Waals surface area contributed by atoms with E-state index < -0.39 is 5.60 Å². The Morgan fingerprint density at radius 3 is 2.59 bits per heavy atom. The lowest BCUT2D eigenvalue weighted by Gasteiger charge is -2.40. The van der Waals surface area contributed by atoms with Crippen molar-refractivity contribution in [3.63, 3.8) is 0 Å². The summed E-state index contributed by atoms with van der Waals surface area (Å²) in [7, 11) is 1.67. The molecule has 2 heterocycles. The Morgan fingerprint density at radius 2 is 2.00 bits per heavy atom. The van der Waals surface area contributed by atoms with Crippen LogP contribution in [0, 0.1) is 0 Å². The van der Waals surface area contributed by atoms with E-state index in [1.54, 1.807) is 30.3 Å². The molecule has 0 atom stereocenters. The number of aliphatic imine (C=N–C) groups is 1. The fourth-order valence-electron chi connectivity index (χ4n) is 2.39. The van der Waals surface area contributed by atoms with E-state index in [4.69, 9.17) is 4.74 Å². The van der Waals surface area contributed by atoms with Crippen LogP contribution in [0.4, 0.5) is 4.79 Å². The van der Waals surface area contributed by atoms with Crippen LogP contribution in [0.25, 0.3) is 0 Å². The van der Waals surface area contributed by atoms with Gasteiger partial charge in [-0.2, -0.15) is 0 Å². The highest BCUT2D eigenvalue weighted by molar-refractivity contribution is 5.93. The van der Waals surface area contributed by atoms with Crippen molar-refractivity contribution >= 4 is 18.0 Å². The highest BCUT2D eigenvalue weighted by Crippen LogP contribution is 2.15. The zero-order valence-electron chi connectivity index (χ0n) is 16.3. The van der Waals surface area contributed by atoms with Gasteiger partial charge >= 0.3 is 6.09 Å². The second-order valence-corrected chi connectivity index (χ2v) is 7.22. The molecule has 0 saturated carbocycles. The summed E-state index contributed by atoms with van der Waals surface area (Å²) in [6.07, 6.45) is 2.84. The minimum absolute atomic E-state index is 0.119. The van der Waals surface area contributed by atoms with Gasteiger partial charge in [-0.25, -0.2) is 4.79 Å². The fourth-order valence-corrected chi connectivity index (χ4v) is 2.39. The lowest BCUT2D eigenvalue weighted by molar-refractivity contribution is 0.00701. The van der Waals surface area contributed by atoms with Crippen molar-refractivity contribution in [3.05, 3.63) is 30.1 Å². The monoisotopic (exact) mass is 376 g/mol. The number of pyridine rings is 1. The van der Waals surface area contributed by atoms with Crippen LogP contribution >= 0.6 is 0 Å². The standard InChI is InChI=1S/C18H28N6O3/c1-18(2,3)27-17(26)24-11-14(12-24)23-16(19-4)22-9-8-21-15(25)13-6-5-7-20-10-13/h5-7,10,14H,8-9,11-12H2,1-4H3,(H,21,25)(H2,19,22,23). The number of carbonyl (C=O) groups excluding carboxylic acids is 2. The zero-order chi connectivity index (χ0) is 19.9. The minimum Gasteiger partial charge on any atom is -0.444 e. The molecule has 0 aromatic carbocycles. The molecule has 0 unspecified atom stereocenters. The van der Waals surface area contributed by atoms with Crippen molar-refractivity contribution in [1.29, 1.82) is 0 Å². The fraction of sp³-hybridized carbons (Fsp3) is 0.556. The van der Waals surface area contributed by atoms with E-state index in [-0.39, 0.29) is 18.0 Å². The average Bonchev–Trinajstić information content (AvgIpc) is 2.58. The quantitative estimate of drug-likeness (QED) is 0.394. The van der Waals surface area contributed by atoms with Gasteiger partial charge in [-0.1, -0.05) is 0 Å². The SMILES string of the molecule is CN=C(NCCNC(=O)c1cccnc1)NC1CN(C(=O)OC(C)(C)C)C1. The van der Waals surface area contributed by atoms with Gasteiger partial charge in [0.05, 0.1) is 11.6 Å². The smallest absolute Gasteiger partial charge is 0.410 e. The number of nitrogens with zero attached hydrogens (tertiary/aromatic N) is 3. The Balaban J connectivity index is 1.63. The van der Waals surface area contributed by atoms with Crippen LogP contribution in [0.5, 0.6) is 0 Å². The zero-order valence-corrected chi connectivity index (χ0v) is 16.3. The average molecular weight is 376 g/mol. The third kappa shape index (κ3) is 6.76. The first-order valence-corrected chi connectivity index (χ1v) is 8.92. The second kappa shape index (κ2) is 9.20. The highest BCUT2D eigenvalue weighted by Gasteiger charge is 2.34. The van der Waals surface area contributed by atoms with E-state index in [9.17, 15) is 9.59 Å². The number of rotatable bonds is 5. The van der Waals surface area contributed by atoms with E-state index >= 15 is 0 Å². The third-order valence-corrected chi connectivity index (χ3v) is 3.72. The van der Waals surface area contributed by atoms with Gasteiger partial charge in [0.25, 0.3) is 5.91 Å². The van der Waals surface area contributed by atoms with Gasteiger partial charge in [0, 0.05) is 45.6 Å². The highest BCUT2D eigenvalue weighted by atomic mass is 16.6. The van der Waals surface area contributed by atoms with Gasteiger partial charge in [-0.05, 0) is 32.9 Å². The van der Waals surface area contributed by atoms with Gasteiger partial charge < -0.3 is 25.6 Å². The molecule has 1 aliphatic rings. The third-order valence-electron chi connectivity index (χ3n) is 3.72. The Morgan fingerprint density at radius 1 is 1.30 bits per heavy atom. The first kappa shape index (κ1) is 20.5. The topological polar surface area (TPSA) is 108 Å². The maximum atomic E-state index is 11.9. The van der Waals surface area contributed by atoms with Crippen LogP contribution in [-0.4, -0.2) is 72.7 Å². The number of guanidine groups is 1. The summed E-state index contributed by atoms with van der Waals surface area (Å²) in [5.74, 6) is 0.458. The maximum Gasteiger partial charge on any atom is 0.410 e. The lowest BCUT2D eigenvalue weighted by Crippen LogP contribution is -2.63. The summed E-state index contributed by atoms with van der Waals surface area (Å²) in [5, 5.41) is 9.18. The Bertz CT molecular complexity index is 665. The van der Waals surface area contributed by atoms with Crippen LogP contribution in [0.1, 0.15) is 31.1 Å². The van der Waals surface area contributed by atoms with Crippen molar-refractivity contribution in [2.75, 3.05) is 33.2 Å². The molecule has 27 heavy (non-hydrogen) atoms. The summed E-state index contributed by atoms with van der Waals surface area (Å²) in [6.45, 7) is 7.63. The van der Waals surface area contributed by atoms with Gasteiger partial charge in [0.15, 0.2) is 5.96 Å². The second-order valence-electron chi connectivity index (χ2n) is 7.22. The van der Waals surface area contributed by atoms with Crippen molar-refractivity contribution in [1.82, 2.24) is 25.8 Å². The van der Waals surface area contributed by atoms with Crippen molar-refractivity contribution in [2.24, 2.45) is 4.99 Å². The van der Waals surface area contributed by atoms with Crippen LogP contribution in [0.3, 0.4) is 0 Å². The molecule has 2 rings (SSSR count). The number of likely N-dealkylation sites (tertiary alicyclic amines) is 1. The largest absolute Gasteiger partial charge is 0.444 e. The molecule has 1 aromatic heterocycles. The predicted molar refractivity (Wildman–Crippen MR) is 103 cm³/mol. The summed E-state index contributed by atoms with van der Waals surface area (Å²) < 4.78 is 5.33.